The van der Waals surface area contributed by atoms with Gasteiger partial charge < -0.3 is 20.1 Å². The van der Waals surface area contributed by atoms with Crippen molar-refractivity contribution < 1.29 is 19.1 Å². The lowest BCUT2D eigenvalue weighted by atomic mass is 10.0. The lowest BCUT2D eigenvalue weighted by molar-refractivity contribution is -0.141. The first-order valence-electron chi connectivity index (χ1n) is 6.81. The van der Waals surface area contributed by atoms with Crippen LogP contribution in [0, 0.1) is 0 Å². The Balaban J connectivity index is 2.17. The topological polar surface area (TPSA) is 76.7 Å². The van der Waals surface area contributed by atoms with Gasteiger partial charge in [0.05, 0.1) is 22.0 Å². The number of esters is 1. The van der Waals surface area contributed by atoms with Gasteiger partial charge in [-0.25, -0.2) is 9.59 Å². The summed E-state index contributed by atoms with van der Waals surface area (Å²) in [5, 5.41) is 5.37. The summed E-state index contributed by atoms with van der Waals surface area (Å²) in [6, 6.07) is 2.90. The van der Waals surface area contributed by atoms with E-state index in [1.165, 1.54) is 11.3 Å². The second kappa shape index (κ2) is 7.75. The van der Waals surface area contributed by atoms with Crippen LogP contribution in [0.3, 0.4) is 0 Å². The van der Waals surface area contributed by atoms with E-state index in [0.717, 1.165) is 8.66 Å². The highest BCUT2D eigenvalue weighted by atomic mass is 79.9. The Morgan fingerprint density at radius 1 is 1.41 bits per heavy atom. The highest BCUT2D eigenvalue weighted by molar-refractivity contribution is 9.11. The summed E-state index contributed by atoms with van der Waals surface area (Å²) >= 11 is 4.85. The van der Waals surface area contributed by atoms with Gasteiger partial charge in [0.1, 0.15) is 6.61 Å². The van der Waals surface area contributed by atoms with Crippen LogP contribution in [0.5, 0.6) is 0 Å². The molecule has 1 atom stereocenters. The van der Waals surface area contributed by atoms with Crippen molar-refractivity contribution in [2.75, 3.05) is 19.8 Å². The molecule has 0 spiro atoms. The van der Waals surface area contributed by atoms with Crippen LogP contribution in [0.2, 0.25) is 0 Å². The summed E-state index contributed by atoms with van der Waals surface area (Å²) in [5.41, 5.74) is 0.908. The van der Waals surface area contributed by atoms with E-state index >= 15 is 0 Å². The maximum atomic E-state index is 12.3. The Bertz CT molecular complexity index is 599. The molecule has 0 saturated heterocycles. The van der Waals surface area contributed by atoms with Gasteiger partial charge in [0.25, 0.3) is 0 Å². The number of urea groups is 1. The SMILES string of the molecule is CCOCCOC(=O)C1=C(C)NC(=O)NC1c1ccc(Br)s1. The Morgan fingerprint density at radius 3 is 2.82 bits per heavy atom. The van der Waals surface area contributed by atoms with Crippen LogP contribution >= 0.6 is 27.3 Å². The first kappa shape index (κ1) is 17.0. The van der Waals surface area contributed by atoms with Crippen molar-refractivity contribution >= 4 is 39.3 Å². The first-order valence-corrected chi connectivity index (χ1v) is 8.42. The zero-order valence-electron chi connectivity index (χ0n) is 12.3. The Morgan fingerprint density at radius 2 is 2.18 bits per heavy atom. The van der Waals surface area contributed by atoms with Gasteiger partial charge in [0.2, 0.25) is 0 Å². The molecule has 22 heavy (non-hydrogen) atoms. The lowest BCUT2D eigenvalue weighted by Crippen LogP contribution is -2.45. The van der Waals surface area contributed by atoms with E-state index in [1.54, 1.807) is 6.92 Å². The largest absolute Gasteiger partial charge is 0.460 e. The fourth-order valence-electron chi connectivity index (χ4n) is 2.08. The number of ether oxygens (including phenoxy) is 2. The van der Waals surface area contributed by atoms with Crippen LogP contribution in [0.25, 0.3) is 0 Å². The number of thiophene rings is 1. The molecule has 1 aliphatic rings. The molecule has 1 unspecified atom stereocenters. The summed E-state index contributed by atoms with van der Waals surface area (Å²) in [6.07, 6.45) is 0. The maximum Gasteiger partial charge on any atom is 0.338 e. The van der Waals surface area contributed by atoms with E-state index in [1.807, 2.05) is 19.1 Å². The first-order chi connectivity index (χ1) is 10.5. The molecule has 2 amide bonds. The Hall–Kier alpha value is -1.38. The van der Waals surface area contributed by atoms with Crippen molar-refractivity contribution in [2.24, 2.45) is 0 Å². The highest BCUT2D eigenvalue weighted by Gasteiger charge is 2.33. The van der Waals surface area contributed by atoms with Gasteiger partial charge >= 0.3 is 12.0 Å². The number of halogens is 1. The maximum absolute atomic E-state index is 12.3. The van der Waals surface area contributed by atoms with Gasteiger partial charge in [0.15, 0.2) is 0 Å². The molecule has 2 N–H and O–H groups in total. The van der Waals surface area contributed by atoms with E-state index in [4.69, 9.17) is 9.47 Å². The fraction of sp³-hybridized carbons (Fsp3) is 0.429. The van der Waals surface area contributed by atoms with Crippen molar-refractivity contribution in [3.05, 3.63) is 32.1 Å². The van der Waals surface area contributed by atoms with Gasteiger partial charge in [-0.2, -0.15) is 0 Å². The minimum Gasteiger partial charge on any atom is -0.460 e. The summed E-state index contributed by atoms with van der Waals surface area (Å²) in [4.78, 5) is 24.9. The average Bonchev–Trinajstić information content (AvgIpc) is 2.89. The Labute approximate surface area is 141 Å². The van der Waals surface area contributed by atoms with Crippen molar-refractivity contribution in [3.8, 4) is 0 Å². The molecule has 6 nitrogen and oxygen atoms in total. The normalized spacial score (nSPS) is 18.0. The molecule has 2 rings (SSSR count). The summed E-state index contributed by atoms with van der Waals surface area (Å²) in [7, 11) is 0. The molecular weight excluding hydrogens is 372 g/mol. The standard InChI is InChI=1S/C14H17BrN2O4S/c1-3-20-6-7-21-13(18)11-8(2)16-14(19)17-12(11)9-4-5-10(15)22-9/h4-5,12H,3,6-7H2,1-2H3,(H2,16,17,19). The van der Waals surface area contributed by atoms with Crippen LogP contribution in [0.1, 0.15) is 24.8 Å². The zero-order valence-corrected chi connectivity index (χ0v) is 14.7. The number of hydrogen-bond acceptors (Lipinski definition) is 5. The second-order valence-corrected chi connectivity index (χ2v) is 7.04. The molecule has 1 aromatic heterocycles. The number of carbonyl (C=O) groups is 2. The van der Waals surface area contributed by atoms with Gasteiger partial charge in [-0.05, 0) is 41.9 Å². The van der Waals surface area contributed by atoms with Crippen molar-refractivity contribution in [1.82, 2.24) is 10.6 Å². The molecule has 120 valence electrons. The third kappa shape index (κ3) is 4.08. The molecule has 2 heterocycles. The second-order valence-electron chi connectivity index (χ2n) is 4.54. The molecule has 8 heteroatoms. The number of amides is 2. The molecule has 0 aliphatic carbocycles. The number of carbonyl (C=O) groups excluding carboxylic acids is 2. The number of allylic oxidation sites excluding steroid dienone is 1. The fourth-order valence-corrected chi connectivity index (χ4v) is 3.56. The van der Waals surface area contributed by atoms with Crippen molar-refractivity contribution in [1.29, 1.82) is 0 Å². The molecule has 0 radical (unpaired) electrons. The Kier molecular flexibility index (Phi) is 5.98. The highest BCUT2D eigenvalue weighted by Crippen LogP contribution is 2.34. The molecule has 0 saturated carbocycles. The van der Waals surface area contributed by atoms with Crippen LogP contribution in [-0.2, 0) is 14.3 Å². The lowest BCUT2D eigenvalue weighted by Gasteiger charge is -2.27. The number of rotatable bonds is 6. The van der Waals surface area contributed by atoms with Crippen LogP contribution in [0.4, 0.5) is 4.79 Å². The molecule has 0 bridgehead atoms. The number of nitrogens with one attached hydrogen (secondary N) is 2. The van der Waals surface area contributed by atoms with Crippen LogP contribution in [-0.4, -0.2) is 31.8 Å². The predicted octanol–water partition coefficient (Wildman–Crippen LogP) is 2.72. The molecular formula is C14H17BrN2O4S. The van der Waals surface area contributed by atoms with Gasteiger partial charge in [-0.3, -0.25) is 0 Å². The molecule has 1 aliphatic heterocycles. The van der Waals surface area contributed by atoms with E-state index in [2.05, 4.69) is 26.6 Å². The monoisotopic (exact) mass is 388 g/mol. The van der Waals surface area contributed by atoms with Crippen LogP contribution in [0.15, 0.2) is 27.2 Å². The van der Waals surface area contributed by atoms with Crippen LogP contribution < -0.4 is 10.6 Å². The third-order valence-electron chi connectivity index (χ3n) is 3.03. The average molecular weight is 389 g/mol. The third-order valence-corrected chi connectivity index (χ3v) is 4.72. The molecule has 0 fully saturated rings. The minimum atomic E-state index is -0.510. The number of hydrogen-bond donors (Lipinski definition) is 2. The van der Waals surface area contributed by atoms with Crippen molar-refractivity contribution in [3.63, 3.8) is 0 Å². The summed E-state index contributed by atoms with van der Waals surface area (Å²) < 4.78 is 11.3. The summed E-state index contributed by atoms with van der Waals surface area (Å²) in [5.74, 6) is -0.459. The molecule has 0 aromatic carbocycles. The van der Waals surface area contributed by atoms with Gasteiger partial charge in [0, 0.05) is 17.2 Å². The zero-order chi connectivity index (χ0) is 16.1. The van der Waals surface area contributed by atoms with Gasteiger partial charge in [-0.15, -0.1) is 11.3 Å². The van der Waals surface area contributed by atoms with E-state index in [0.29, 0.717) is 24.5 Å². The van der Waals surface area contributed by atoms with Crippen molar-refractivity contribution in [2.45, 2.75) is 19.9 Å². The smallest absolute Gasteiger partial charge is 0.338 e. The predicted molar refractivity (Wildman–Crippen MR) is 86.6 cm³/mol. The van der Waals surface area contributed by atoms with E-state index in [-0.39, 0.29) is 12.6 Å². The van der Waals surface area contributed by atoms with E-state index < -0.39 is 12.0 Å². The molecule has 1 aromatic rings. The minimum absolute atomic E-state index is 0.179. The quantitative estimate of drug-likeness (QED) is 0.580. The van der Waals surface area contributed by atoms with Gasteiger partial charge in [-0.1, -0.05) is 0 Å². The summed E-state index contributed by atoms with van der Waals surface area (Å²) in [6.45, 7) is 4.66. The van der Waals surface area contributed by atoms with E-state index in [9.17, 15) is 9.59 Å².